The van der Waals surface area contributed by atoms with E-state index in [9.17, 15) is 0 Å². The van der Waals surface area contributed by atoms with Crippen molar-refractivity contribution in [2.45, 2.75) is 38.3 Å². The molecule has 2 aliphatic rings. The SMILES string of the molecule is Cc1ccc2c(c1)CC(CN(C)CCNC1CC1)O2. The van der Waals surface area contributed by atoms with Crippen LogP contribution in [0.15, 0.2) is 18.2 Å². The van der Waals surface area contributed by atoms with Crippen LogP contribution in [0.3, 0.4) is 0 Å². The van der Waals surface area contributed by atoms with E-state index in [1.165, 1.54) is 24.0 Å². The number of likely N-dealkylation sites (N-methyl/N-ethyl adjacent to an activating group) is 1. The zero-order valence-electron chi connectivity index (χ0n) is 12.0. The Labute approximate surface area is 115 Å². The molecule has 1 fully saturated rings. The van der Waals surface area contributed by atoms with Gasteiger partial charge in [-0.2, -0.15) is 0 Å². The fraction of sp³-hybridized carbons (Fsp3) is 0.625. The number of rotatable bonds is 6. The van der Waals surface area contributed by atoms with E-state index in [1.54, 1.807) is 0 Å². The third-order valence-electron chi connectivity index (χ3n) is 3.98. The Bertz CT molecular complexity index is 442. The first-order valence-corrected chi connectivity index (χ1v) is 7.39. The summed E-state index contributed by atoms with van der Waals surface area (Å²) >= 11 is 0. The maximum absolute atomic E-state index is 6.01. The van der Waals surface area contributed by atoms with Gasteiger partial charge in [-0.1, -0.05) is 17.7 Å². The minimum Gasteiger partial charge on any atom is -0.488 e. The van der Waals surface area contributed by atoms with Crippen molar-refractivity contribution in [1.82, 2.24) is 10.2 Å². The van der Waals surface area contributed by atoms with Crippen LogP contribution in [0.1, 0.15) is 24.0 Å². The van der Waals surface area contributed by atoms with Crippen LogP contribution >= 0.6 is 0 Å². The zero-order valence-corrected chi connectivity index (χ0v) is 12.0. The van der Waals surface area contributed by atoms with Gasteiger partial charge in [-0.15, -0.1) is 0 Å². The van der Waals surface area contributed by atoms with Gasteiger partial charge in [-0.25, -0.2) is 0 Å². The molecule has 3 rings (SSSR count). The molecule has 1 heterocycles. The minimum absolute atomic E-state index is 0.322. The average molecular weight is 260 g/mol. The highest BCUT2D eigenvalue weighted by Gasteiger charge is 2.24. The fourth-order valence-corrected chi connectivity index (χ4v) is 2.74. The van der Waals surface area contributed by atoms with Gasteiger partial charge in [0, 0.05) is 32.1 Å². The molecular formula is C16H24N2O. The topological polar surface area (TPSA) is 24.5 Å². The number of nitrogens with zero attached hydrogens (tertiary/aromatic N) is 1. The van der Waals surface area contributed by atoms with Crippen molar-refractivity contribution in [1.29, 1.82) is 0 Å². The molecule has 1 aliphatic heterocycles. The van der Waals surface area contributed by atoms with E-state index in [1.807, 2.05) is 0 Å². The van der Waals surface area contributed by atoms with Gasteiger partial charge in [0.05, 0.1) is 0 Å². The summed E-state index contributed by atoms with van der Waals surface area (Å²) in [6.07, 6.45) is 4.11. The fourth-order valence-electron chi connectivity index (χ4n) is 2.74. The molecule has 1 aromatic carbocycles. The van der Waals surface area contributed by atoms with Crippen molar-refractivity contribution >= 4 is 0 Å². The third-order valence-corrected chi connectivity index (χ3v) is 3.98. The van der Waals surface area contributed by atoms with E-state index in [2.05, 4.69) is 42.4 Å². The monoisotopic (exact) mass is 260 g/mol. The standard InChI is InChI=1S/C16H24N2O/c1-12-3-6-16-13(9-12)10-15(19-16)11-18(2)8-7-17-14-4-5-14/h3,6,9,14-15,17H,4-5,7-8,10-11H2,1-2H3. The lowest BCUT2D eigenvalue weighted by molar-refractivity contribution is 0.169. The molecule has 3 nitrogen and oxygen atoms in total. The Morgan fingerprint density at radius 3 is 3.00 bits per heavy atom. The van der Waals surface area contributed by atoms with Gasteiger partial charge in [0.1, 0.15) is 11.9 Å². The summed E-state index contributed by atoms with van der Waals surface area (Å²) in [6, 6.07) is 7.30. The van der Waals surface area contributed by atoms with E-state index in [0.29, 0.717) is 6.10 Å². The van der Waals surface area contributed by atoms with Gasteiger partial charge in [0.2, 0.25) is 0 Å². The quantitative estimate of drug-likeness (QED) is 0.846. The second-order valence-corrected chi connectivity index (χ2v) is 6.05. The van der Waals surface area contributed by atoms with Crippen molar-refractivity contribution in [3.05, 3.63) is 29.3 Å². The zero-order chi connectivity index (χ0) is 13.2. The maximum atomic E-state index is 6.01. The van der Waals surface area contributed by atoms with E-state index in [4.69, 9.17) is 4.74 Å². The molecule has 1 unspecified atom stereocenters. The summed E-state index contributed by atoms with van der Waals surface area (Å²) in [4.78, 5) is 2.37. The second kappa shape index (κ2) is 5.51. The molecule has 1 atom stereocenters. The van der Waals surface area contributed by atoms with E-state index in [-0.39, 0.29) is 0 Å². The molecule has 0 saturated heterocycles. The number of fused-ring (bicyclic) bond motifs is 1. The Hall–Kier alpha value is -1.06. The summed E-state index contributed by atoms with van der Waals surface area (Å²) in [5, 5.41) is 3.55. The molecule has 0 aromatic heterocycles. The van der Waals surface area contributed by atoms with Crippen LogP contribution in [0.4, 0.5) is 0 Å². The molecule has 0 radical (unpaired) electrons. The van der Waals surface area contributed by atoms with Crippen LogP contribution in [0.2, 0.25) is 0 Å². The lowest BCUT2D eigenvalue weighted by Gasteiger charge is -2.20. The summed E-state index contributed by atoms with van der Waals surface area (Å²) in [6.45, 7) is 5.36. The Morgan fingerprint density at radius 2 is 2.21 bits per heavy atom. The van der Waals surface area contributed by atoms with Crippen molar-refractivity contribution in [2.24, 2.45) is 0 Å². The Morgan fingerprint density at radius 1 is 1.37 bits per heavy atom. The highest BCUT2D eigenvalue weighted by Crippen LogP contribution is 2.29. The second-order valence-electron chi connectivity index (χ2n) is 6.05. The van der Waals surface area contributed by atoms with Gasteiger partial charge in [-0.3, -0.25) is 0 Å². The number of hydrogen-bond acceptors (Lipinski definition) is 3. The van der Waals surface area contributed by atoms with Gasteiger partial charge < -0.3 is 15.0 Å². The lowest BCUT2D eigenvalue weighted by Crippen LogP contribution is -2.36. The van der Waals surface area contributed by atoms with Crippen molar-refractivity contribution in [3.63, 3.8) is 0 Å². The lowest BCUT2D eigenvalue weighted by atomic mass is 10.1. The van der Waals surface area contributed by atoms with Crippen molar-refractivity contribution in [3.8, 4) is 5.75 Å². The summed E-state index contributed by atoms with van der Waals surface area (Å²) in [5.41, 5.74) is 2.69. The number of aryl methyl sites for hydroxylation is 1. The molecule has 0 spiro atoms. The third kappa shape index (κ3) is 3.48. The first kappa shape index (κ1) is 12.9. The molecule has 0 bridgehead atoms. The first-order valence-electron chi connectivity index (χ1n) is 7.39. The normalized spacial score (nSPS) is 21.5. The molecule has 1 saturated carbocycles. The van der Waals surface area contributed by atoms with Gasteiger partial charge in [-0.05, 0) is 38.4 Å². The Kier molecular flexibility index (Phi) is 3.76. The van der Waals surface area contributed by atoms with Crippen LogP contribution < -0.4 is 10.1 Å². The predicted molar refractivity (Wildman–Crippen MR) is 77.8 cm³/mol. The molecule has 1 aromatic rings. The molecule has 3 heteroatoms. The molecule has 1 N–H and O–H groups in total. The van der Waals surface area contributed by atoms with E-state index < -0.39 is 0 Å². The molecular weight excluding hydrogens is 236 g/mol. The Balaban J connectivity index is 1.43. The molecule has 1 aliphatic carbocycles. The summed E-state index contributed by atoms with van der Waals surface area (Å²) in [7, 11) is 2.19. The van der Waals surface area contributed by atoms with E-state index in [0.717, 1.165) is 37.8 Å². The van der Waals surface area contributed by atoms with Crippen molar-refractivity contribution in [2.75, 3.05) is 26.7 Å². The van der Waals surface area contributed by atoms with Crippen LogP contribution in [0.5, 0.6) is 5.75 Å². The minimum atomic E-state index is 0.322. The number of hydrogen-bond donors (Lipinski definition) is 1. The largest absolute Gasteiger partial charge is 0.488 e. The van der Waals surface area contributed by atoms with Gasteiger partial charge in [0.15, 0.2) is 0 Å². The van der Waals surface area contributed by atoms with Crippen LogP contribution in [0, 0.1) is 6.92 Å². The smallest absolute Gasteiger partial charge is 0.123 e. The predicted octanol–water partition coefficient (Wildman–Crippen LogP) is 1.98. The average Bonchev–Trinajstić information content (AvgIpc) is 3.09. The van der Waals surface area contributed by atoms with Crippen LogP contribution in [0.25, 0.3) is 0 Å². The molecule has 0 amide bonds. The first-order chi connectivity index (χ1) is 9.20. The van der Waals surface area contributed by atoms with Crippen LogP contribution in [-0.4, -0.2) is 43.7 Å². The van der Waals surface area contributed by atoms with Crippen LogP contribution in [-0.2, 0) is 6.42 Å². The maximum Gasteiger partial charge on any atom is 0.123 e. The summed E-state index contributed by atoms with van der Waals surface area (Å²) < 4.78 is 6.01. The highest BCUT2D eigenvalue weighted by molar-refractivity contribution is 5.40. The van der Waals surface area contributed by atoms with Gasteiger partial charge >= 0.3 is 0 Å². The summed E-state index contributed by atoms with van der Waals surface area (Å²) in [5.74, 6) is 1.08. The molecule has 19 heavy (non-hydrogen) atoms. The van der Waals surface area contributed by atoms with Gasteiger partial charge in [0.25, 0.3) is 0 Å². The highest BCUT2D eigenvalue weighted by atomic mass is 16.5. The van der Waals surface area contributed by atoms with Crippen molar-refractivity contribution < 1.29 is 4.74 Å². The molecule has 104 valence electrons. The number of benzene rings is 1. The number of nitrogens with one attached hydrogen (secondary N) is 1. The number of ether oxygens (including phenoxy) is 1. The van der Waals surface area contributed by atoms with E-state index >= 15 is 0 Å².